The van der Waals surface area contributed by atoms with Gasteiger partial charge in [0.1, 0.15) is 0 Å². The molecule has 2 aromatic heterocycles. The maximum absolute atomic E-state index is 14.4. The summed E-state index contributed by atoms with van der Waals surface area (Å²) in [5, 5.41) is 0. The van der Waals surface area contributed by atoms with Crippen LogP contribution >= 0.6 is 0 Å². The molecule has 0 saturated carbocycles. The van der Waals surface area contributed by atoms with E-state index in [1.165, 1.54) is 24.0 Å². The number of nitrogens with zero attached hydrogens (tertiary/aromatic N) is 2. The molecule has 4 atom stereocenters. The summed E-state index contributed by atoms with van der Waals surface area (Å²) in [5.74, 6) is -0.583. The van der Waals surface area contributed by atoms with E-state index in [1.807, 2.05) is 0 Å². The molecule has 3 heterocycles. The Morgan fingerprint density at radius 2 is 2.36 bits per heavy atom. The van der Waals surface area contributed by atoms with Crippen molar-refractivity contribution in [2.75, 3.05) is 0 Å². The third-order valence-electron chi connectivity index (χ3n) is 3.75. The fraction of sp³-hybridized carbons (Fsp3) is 0.500. The fourth-order valence-electron chi connectivity index (χ4n) is 2.74. The van der Waals surface area contributed by atoms with Gasteiger partial charge in [0.25, 0.3) is 5.56 Å². The highest BCUT2D eigenvalue weighted by Crippen LogP contribution is 2.36. The van der Waals surface area contributed by atoms with Gasteiger partial charge >= 0.3 is 5.97 Å². The van der Waals surface area contributed by atoms with E-state index in [2.05, 4.69) is 9.97 Å². The maximum atomic E-state index is 14.4. The molecule has 1 saturated heterocycles. The standard InChI is InChI=1S/C14H16FN3O4/c1-3-9-10(15)12(21-7(2)19)14(22-9)18-6-17-11-8(18)4-5-16-13(11)20/h4-6,9-10,12,14H,3H2,1-2H3,(H,16,20)/t9-,10+,12?,14?/m1/s1. The number of alkyl halides is 1. The minimum atomic E-state index is -1.43. The van der Waals surface area contributed by atoms with Gasteiger partial charge in [-0.2, -0.15) is 0 Å². The predicted molar refractivity (Wildman–Crippen MR) is 75.0 cm³/mol. The summed E-state index contributed by atoms with van der Waals surface area (Å²) in [7, 11) is 0. The second kappa shape index (κ2) is 5.53. The molecule has 7 nitrogen and oxygen atoms in total. The quantitative estimate of drug-likeness (QED) is 0.864. The molecule has 3 rings (SSSR count). The molecule has 0 spiro atoms. The van der Waals surface area contributed by atoms with Gasteiger partial charge in [-0.15, -0.1) is 0 Å². The molecule has 22 heavy (non-hydrogen) atoms. The monoisotopic (exact) mass is 309 g/mol. The van der Waals surface area contributed by atoms with E-state index in [0.29, 0.717) is 11.9 Å². The van der Waals surface area contributed by atoms with Crippen LogP contribution in [0.2, 0.25) is 0 Å². The van der Waals surface area contributed by atoms with Crippen LogP contribution in [0.1, 0.15) is 26.5 Å². The number of hydrogen-bond acceptors (Lipinski definition) is 5. The van der Waals surface area contributed by atoms with Crippen LogP contribution in [0.4, 0.5) is 4.39 Å². The number of H-pyrrole nitrogens is 1. The lowest BCUT2D eigenvalue weighted by Crippen LogP contribution is -2.32. The van der Waals surface area contributed by atoms with Crippen LogP contribution in [-0.4, -0.2) is 38.9 Å². The topological polar surface area (TPSA) is 86.2 Å². The first-order chi connectivity index (χ1) is 10.5. The van der Waals surface area contributed by atoms with E-state index in [-0.39, 0.29) is 11.1 Å². The normalized spacial score (nSPS) is 28.1. The minimum absolute atomic E-state index is 0.225. The molecule has 1 fully saturated rings. The van der Waals surface area contributed by atoms with Gasteiger partial charge in [-0.25, -0.2) is 9.37 Å². The highest BCUT2D eigenvalue weighted by Gasteiger charge is 2.47. The van der Waals surface area contributed by atoms with Crippen LogP contribution in [-0.2, 0) is 14.3 Å². The lowest BCUT2D eigenvalue weighted by Gasteiger charge is -2.20. The number of rotatable bonds is 3. The Morgan fingerprint density at radius 3 is 3.05 bits per heavy atom. The van der Waals surface area contributed by atoms with Gasteiger partial charge in [0.15, 0.2) is 24.0 Å². The number of ether oxygens (including phenoxy) is 2. The Hall–Kier alpha value is -2.22. The van der Waals surface area contributed by atoms with Crippen molar-refractivity contribution in [1.82, 2.24) is 14.5 Å². The molecule has 0 aromatic carbocycles. The van der Waals surface area contributed by atoms with Crippen molar-refractivity contribution < 1.29 is 18.7 Å². The Kier molecular flexibility index (Phi) is 3.69. The number of fused-ring (bicyclic) bond motifs is 1. The summed E-state index contributed by atoms with van der Waals surface area (Å²) < 4.78 is 26.7. The Morgan fingerprint density at radius 1 is 1.59 bits per heavy atom. The second-order valence-electron chi connectivity index (χ2n) is 5.18. The molecule has 2 aromatic rings. The van der Waals surface area contributed by atoms with Gasteiger partial charge in [-0.05, 0) is 12.5 Å². The van der Waals surface area contributed by atoms with Crippen molar-refractivity contribution >= 4 is 17.0 Å². The van der Waals surface area contributed by atoms with Crippen molar-refractivity contribution in [2.24, 2.45) is 0 Å². The molecule has 0 radical (unpaired) electrons. The zero-order chi connectivity index (χ0) is 15.9. The van der Waals surface area contributed by atoms with Crippen molar-refractivity contribution in [3.8, 4) is 0 Å². The van der Waals surface area contributed by atoms with Gasteiger partial charge in [-0.3, -0.25) is 14.2 Å². The van der Waals surface area contributed by atoms with E-state index in [9.17, 15) is 14.0 Å². The maximum Gasteiger partial charge on any atom is 0.303 e. The van der Waals surface area contributed by atoms with E-state index < -0.39 is 30.6 Å². The molecular weight excluding hydrogens is 293 g/mol. The van der Waals surface area contributed by atoms with Crippen LogP contribution in [0.15, 0.2) is 23.4 Å². The first kappa shape index (κ1) is 14.7. The Balaban J connectivity index is 2.05. The molecule has 8 heteroatoms. The van der Waals surface area contributed by atoms with Gasteiger partial charge in [0, 0.05) is 13.1 Å². The molecule has 118 valence electrons. The molecule has 0 aliphatic carbocycles. The van der Waals surface area contributed by atoms with Gasteiger partial charge in [0.2, 0.25) is 0 Å². The van der Waals surface area contributed by atoms with Crippen molar-refractivity contribution in [3.05, 3.63) is 28.9 Å². The summed E-state index contributed by atoms with van der Waals surface area (Å²) >= 11 is 0. The number of aromatic nitrogens is 3. The van der Waals surface area contributed by atoms with Crippen LogP contribution < -0.4 is 5.56 Å². The van der Waals surface area contributed by atoms with Gasteiger partial charge in [-0.1, -0.05) is 6.92 Å². The number of nitrogens with one attached hydrogen (secondary N) is 1. The molecule has 2 unspecified atom stereocenters. The van der Waals surface area contributed by atoms with Gasteiger partial charge < -0.3 is 14.5 Å². The number of halogens is 1. The third kappa shape index (κ3) is 2.29. The summed E-state index contributed by atoms with van der Waals surface area (Å²) in [5.41, 5.74) is 0.375. The van der Waals surface area contributed by atoms with Crippen molar-refractivity contribution in [1.29, 1.82) is 0 Å². The van der Waals surface area contributed by atoms with E-state index >= 15 is 0 Å². The number of imidazole rings is 1. The minimum Gasteiger partial charge on any atom is -0.454 e. The summed E-state index contributed by atoms with van der Waals surface area (Å²) in [4.78, 5) is 29.5. The van der Waals surface area contributed by atoms with Gasteiger partial charge in [0.05, 0.1) is 17.9 Å². The zero-order valence-electron chi connectivity index (χ0n) is 12.2. The number of aromatic amines is 1. The molecule has 1 aliphatic heterocycles. The molecule has 0 amide bonds. The number of esters is 1. The summed E-state index contributed by atoms with van der Waals surface area (Å²) in [6, 6.07) is 1.64. The highest BCUT2D eigenvalue weighted by molar-refractivity contribution is 5.73. The molecule has 1 N–H and O–H groups in total. The molecule has 1 aliphatic rings. The average molecular weight is 309 g/mol. The number of carbonyl (C=O) groups is 1. The molecule has 0 bridgehead atoms. The highest BCUT2D eigenvalue weighted by atomic mass is 19.1. The number of hydrogen-bond donors (Lipinski definition) is 1. The zero-order valence-corrected chi connectivity index (χ0v) is 12.2. The third-order valence-corrected chi connectivity index (χ3v) is 3.75. The lowest BCUT2D eigenvalue weighted by atomic mass is 10.1. The van der Waals surface area contributed by atoms with Crippen molar-refractivity contribution in [3.63, 3.8) is 0 Å². The predicted octanol–water partition coefficient (Wildman–Crippen LogP) is 1.30. The lowest BCUT2D eigenvalue weighted by molar-refractivity contribution is -0.154. The van der Waals surface area contributed by atoms with E-state index in [4.69, 9.17) is 9.47 Å². The fourth-order valence-corrected chi connectivity index (χ4v) is 2.74. The SMILES string of the molecule is CC[C@H]1OC(n2cnc3c(=O)[nH]ccc32)C(OC(C)=O)[C@H]1F. The van der Waals surface area contributed by atoms with Crippen LogP contribution in [0.25, 0.3) is 11.0 Å². The number of carbonyl (C=O) groups excluding carboxylic acids is 1. The Labute approximate surface area is 125 Å². The van der Waals surface area contributed by atoms with Crippen LogP contribution in [0.3, 0.4) is 0 Å². The number of pyridine rings is 1. The largest absolute Gasteiger partial charge is 0.454 e. The smallest absolute Gasteiger partial charge is 0.303 e. The van der Waals surface area contributed by atoms with Crippen LogP contribution in [0.5, 0.6) is 0 Å². The van der Waals surface area contributed by atoms with Crippen molar-refractivity contribution in [2.45, 2.75) is 44.9 Å². The van der Waals surface area contributed by atoms with E-state index in [1.54, 1.807) is 13.0 Å². The average Bonchev–Trinajstić information content (AvgIpc) is 3.02. The van der Waals surface area contributed by atoms with Crippen LogP contribution in [0, 0.1) is 0 Å². The summed E-state index contributed by atoms with van der Waals surface area (Å²) in [6.07, 6.45) is -0.709. The summed E-state index contributed by atoms with van der Waals surface area (Å²) in [6.45, 7) is 3.01. The second-order valence-corrected chi connectivity index (χ2v) is 5.18. The first-order valence-electron chi connectivity index (χ1n) is 7.04. The molecular formula is C14H16FN3O4. The van der Waals surface area contributed by atoms with E-state index in [0.717, 1.165) is 0 Å². The first-order valence-corrected chi connectivity index (χ1v) is 7.04. The Bertz CT molecular complexity index is 756.